The van der Waals surface area contributed by atoms with Crippen LogP contribution in [-0.2, 0) is 9.59 Å². The molecule has 0 aliphatic rings. The monoisotopic (exact) mass is 398 g/mol. The van der Waals surface area contributed by atoms with Crippen molar-refractivity contribution in [3.05, 3.63) is 0 Å². The van der Waals surface area contributed by atoms with Crippen molar-refractivity contribution in [2.24, 2.45) is 35.5 Å². The first-order valence-electron chi connectivity index (χ1n) is 11.7. The maximum atomic E-state index is 12.1. The Morgan fingerprint density at radius 1 is 0.500 bits per heavy atom. The molecule has 0 saturated carbocycles. The number of carboxylic acid groups (broad SMARTS) is 2. The number of carbonyl (C=O) groups is 2. The van der Waals surface area contributed by atoms with E-state index in [1.54, 1.807) is 0 Å². The van der Waals surface area contributed by atoms with E-state index in [0.717, 1.165) is 51.4 Å². The quantitative estimate of drug-likeness (QED) is 0.280. The minimum atomic E-state index is -0.937. The molecule has 0 heterocycles. The van der Waals surface area contributed by atoms with Gasteiger partial charge in [-0.15, -0.1) is 0 Å². The van der Waals surface area contributed by atoms with Gasteiger partial charge in [0.15, 0.2) is 0 Å². The normalized spacial score (nSPS) is 16.1. The zero-order valence-corrected chi connectivity index (χ0v) is 19.2. The smallest absolute Gasteiger partial charge is 0.307 e. The average Bonchev–Trinajstić information content (AvgIpc) is 2.68. The Kier molecular flexibility index (Phi) is 14.3. The van der Waals surface area contributed by atoms with E-state index >= 15 is 0 Å². The third kappa shape index (κ3) is 9.43. The molecule has 0 bridgehead atoms. The molecule has 0 aliphatic heterocycles. The van der Waals surface area contributed by atoms with Gasteiger partial charge in [0.1, 0.15) is 0 Å². The van der Waals surface area contributed by atoms with Crippen molar-refractivity contribution in [1.82, 2.24) is 0 Å². The van der Waals surface area contributed by atoms with E-state index in [4.69, 9.17) is 0 Å². The lowest BCUT2D eigenvalue weighted by Crippen LogP contribution is -2.33. The van der Waals surface area contributed by atoms with E-state index < -0.39 is 23.8 Å². The Balaban J connectivity index is 5.35. The van der Waals surface area contributed by atoms with Gasteiger partial charge in [0.25, 0.3) is 0 Å². The Hall–Kier alpha value is -1.06. The molecule has 0 aliphatic carbocycles. The maximum Gasteiger partial charge on any atom is 0.307 e. The van der Waals surface area contributed by atoms with Crippen LogP contribution >= 0.6 is 0 Å². The Morgan fingerprint density at radius 2 is 0.750 bits per heavy atom. The molecular weight excluding hydrogens is 352 g/mol. The van der Waals surface area contributed by atoms with Crippen molar-refractivity contribution in [2.75, 3.05) is 0 Å². The summed E-state index contributed by atoms with van der Waals surface area (Å²) < 4.78 is 0. The molecule has 0 rings (SSSR count). The molecule has 0 aromatic rings. The minimum Gasteiger partial charge on any atom is -0.481 e. The lowest BCUT2D eigenvalue weighted by atomic mass is 9.74. The summed E-state index contributed by atoms with van der Waals surface area (Å²) in [6.07, 6.45) is 9.20. The van der Waals surface area contributed by atoms with Crippen molar-refractivity contribution < 1.29 is 19.8 Å². The number of rotatable bonds is 17. The fourth-order valence-corrected chi connectivity index (χ4v) is 4.64. The molecule has 4 atom stereocenters. The van der Waals surface area contributed by atoms with Crippen molar-refractivity contribution in [1.29, 1.82) is 0 Å². The van der Waals surface area contributed by atoms with Gasteiger partial charge in [-0.2, -0.15) is 0 Å². The molecule has 0 spiro atoms. The van der Waals surface area contributed by atoms with Crippen LogP contribution in [0.5, 0.6) is 0 Å². The van der Waals surface area contributed by atoms with E-state index in [2.05, 4.69) is 41.5 Å². The first kappa shape index (κ1) is 26.9. The lowest BCUT2D eigenvalue weighted by Gasteiger charge is -2.30. The number of hydrogen-bond acceptors (Lipinski definition) is 2. The highest BCUT2D eigenvalue weighted by molar-refractivity contribution is 5.80. The van der Waals surface area contributed by atoms with Gasteiger partial charge in [0.05, 0.1) is 11.8 Å². The molecule has 28 heavy (non-hydrogen) atoms. The van der Waals surface area contributed by atoms with Crippen LogP contribution in [0.25, 0.3) is 0 Å². The third-order valence-corrected chi connectivity index (χ3v) is 7.09. The summed E-state index contributed by atoms with van der Waals surface area (Å²) in [5.74, 6) is -1.68. The molecular formula is C24H46O4. The van der Waals surface area contributed by atoms with Crippen molar-refractivity contribution in [2.45, 2.75) is 106 Å². The fraction of sp³-hybridized carbons (Fsp3) is 0.917. The van der Waals surface area contributed by atoms with E-state index in [1.807, 2.05) is 0 Å². The van der Waals surface area contributed by atoms with E-state index in [9.17, 15) is 19.8 Å². The van der Waals surface area contributed by atoms with Gasteiger partial charge in [0.2, 0.25) is 0 Å². The summed E-state index contributed by atoms with van der Waals surface area (Å²) in [5.41, 5.74) is 0. The second kappa shape index (κ2) is 14.9. The SMILES string of the molecule is CCC(CC)CC(CC)CC(C(=O)O)C(CC(CC)CC(CC)CC)C(=O)O. The second-order valence-electron chi connectivity index (χ2n) is 8.75. The summed E-state index contributed by atoms with van der Waals surface area (Å²) in [7, 11) is 0. The summed E-state index contributed by atoms with van der Waals surface area (Å²) in [6.45, 7) is 12.9. The van der Waals surface area contributed by atoms with Crippen LogP contribution in [0.1, 0.15) is 106 Å². The lowest BCUT2D eigenvalue weighted by molar-refractivity contribution is -0.155. The fourth-order valence-electron chi connectivity index (χ4n) is 4.64. The van der Waals surface area contributed by atoms with Crippen LogP contribution in [0.2, 0.25) is 0 Å². The highest BCUT2D eigenvalue weighted by Gasteiger charge is 2.37. The van der Waals surface area contributed by atoms with Crippen LogP contribution in [0, 0.1) is 35.5 Å². The van der Waals surface area contributed by atoms with E-state index in [1.165, 1.54) is 0 Å². The molecule has 166 valence electrons. The molecule has 4 heteroatoms. The molecule has 0 amide bonds. The Bertz CT molecular complexity index is 386. The number of aliphatic carboxylic acids is 2. The summed E-state index contributed by atoms with van der Waals surface area (Å²) in [6, 6.07) is 0. The molecule has 0 saturated heterocycles. The van der Waals surface area contributed by atoms with Crippen LogP contribution in [0.3, 0.4) is 0 Å². The predicted molar refractivity (Wildman–Crippen MR) is 116 cm³/mol. The summed E-state index contributed by atoms with van der Waals surface area (Å²) in [5, 5.41) is 19.8. The molecule has 2 N–H and O–H groups in total. The second-order valence-corrected chi connectivity index (χ2v) is 8.75. The topological polar surface area (TPSA) is 74.6 Å². The number of carboxylic acids is 2. The number of hydrogen-bond donors (Lipinski definition) is 2. The van der Waals surface area contributed by atoms with Gasteiger partial charge in [-0.25, -0.2) is 0 Å². The standard InChI is InChI=1S/C24H46O4/c1-7-17(8-2)13-19(11-5)15-21(23(25)26)22(24(27)28)16-20(12-6)14-18(9-3)10-4/h17-22H,7-16H2,1-6H3,(H,25,26)(H,27,28). The van der Waals surface area contributed by atoms with Gasteiger partial charge in [-0.05, 0) is 49.4 Å². The minimum absolute atomic E-state index is 0.284. The highest BCUT2D eigenvalue weighted by atomic mass is 16.4. The van der Waals surface area contributed by atoms with Gasteiger partial charge in [0, 0.05) is 0 Å². The van der Waals surface area contributed by atoms with Crippen LogP contribution in [0.4, 0.5) is 0 Å². The van der Waals surface area contributed by atoms with Crippen molar-refractivity contribution >= 4 is 11.9 Å². The van der Waals surface area contributed by atoms with E-state index in [-0.39, 0.29) is 11.8 Å². The largest absolute Gasteiger partial charge is 0.481 e. The molecule has 0 aromatic carbocycles. The summed E-state index contributed by atoms with van der Waals surface area (Å²) in [4.78, 5) is 24.1. The summed E-state index contributed by atoms with van der Waals surface area (Å²) >= 11 is 0. The first-order valence-corrected chi connectivity index (χ1v) is 11.7. The molecule has 4 unspecified atom stereocenters. The van der Waals surface area contributed by atoms with Crippen LogP contribution in [0.15, 0.2) is 0 Å². The zero-order valence-electron chi connectivity index (χ0n) is 19.2. The molecule has 0 fully saturated rings. The molecule has 0 radical (unpaired) electrons. The van der Waals surface area contributed by atoms with Crippen molar-refractivity contribution in [3.8, 4) is 0 Å². The van der Waals surface area contributed by atoms with Crippen LogP contribution < -0.4 is 0 Å². The van der Waals surface area contributed by atoms with Gasteiger partial charge in [-0.1, -0.05) is 80.1 Å². The van der Waals surface area contributed by atoms with Gasteiger partial charge in [-0.3, -0.25) is 9.59 Å². The Labute approximate surface area is 173 Å². The third-order valence-electron chi connectivity index (χ3n) is 7.09. The van der Waals surface area contributed by atoms with Gasteiger partial charge < -0.3 is 10.2 Å². The molecule has 4 nitrogen and oxygen atoms in total. The maximum absolute atomic E-state index is 12.1. The highest BCUT2D eigenvalue weighted by Crippen LogP contribution is 2.35. The first-order chi connectivity index (χ1) is 13.3. The Morgan fingerprint density at radius 3 is 0.929 bits per heavy atom. The molecule has 0 aromatic heterocycles. The van der Waals surface area contributed by atoms with E-state index in [0.29, 0.717) is 24.7 Å². The average molecular weight is 399 g/mol. The van der Waals surface area contributed by atoms with Gasteiger partial charge >= 0.3 is 11.9 Å². The zero-order chi connectivity index (χ0) is 21.7. The predicted octanol–water partition coefficient (Wildman–Crippen LogP) is 6.87. The van der Waals surface area contributed by atoms with Crippen LogP contribution in [-0.4, -0.2) is 22.2 Å². The van der Waals surface area contributed by atoms with Crippen molar-refractivity contribution in [3.63, 3.8) is 0 Å².